The molecular formula is C14H18F2O5. The number of carboxylic acids is 1. The first-order valence-corrected chi connectivity index (χ1v) is 6.26. The summed E-state index contributed by atoms with van der Waals surface area (Å²) in [6.07, 6.45) is -1.05. The number of halogens is 2. The van der Waals surface area contributed by atoms with Gasteiger partial charge in [-0.2, -0.15) is 0 Å². The van der Waals surface area contributed by atoms with E-state index >= 15 is 0 Å². The number of rotatable bonds is 8. The highest BCUT2D eigenvalue weighted by atomic mass is 19.3. The lowest BCUT2D eigenvalue weighted by Crippen LogP contribution is -2.16. The summed E-state index contributed by atoms with van der Waals surface area (Å²) in [5.74, 6) is -4.09. The van der Waals surface area contributed by atoms with Crippen LogP contribution in [0.25, 0.3) is 0 Å². The Morgan fingerprint density at radius 1 is 1.14 bits per heavy atom. The van der Waals surface area contributed by atoms with E-state index in [9.17, 15) is 13.6 Å². The van der Waals surface area contributed by atoms with Crippen LogP contribution in [-0.2, 0) is 10.7 Å². The monoisotopic (exact) mass is 304 g/mol. The zero-order valence-corrected chi connectivity index (χ0v) is 12.1. The highest BCUT2D eigenvalue weighted by Crippen LogP contribution is 2.47. The van der Waals surface area contributed by atoms with E-state index in [1.54, 1.807) is 0 Å². The first-order chi connectivity index (χ1) is 9.87. The van der Waals surface area contributed by atoms with Gasteiger partial charge in [0, 0.05) is 12.8 Å². The van der Waals surface area contributed by atoms with Gasteiger partial charge in [0.25, 0.3) is 5.92 Å². The fourth-order valence-corrected chi connectivity index (χ4v) is 1.99. The lowest BCUT2D eigenvalue weighted by Gasteiger charge is -2.21. The van der Waals surface area contributed by atoms with Crippen LogP contribution in [0.1, 0.15) is 24.8 Å². The maximum absolute atomic E-state index is 14.2. The second kappa shape index (κ2) is 7.10. The fourth-order valence-electron chi connectivity index (χ4n) is 1.99. The first kappa shape index (κ1) is 17.0. The molecule has 0 aromatic heterocycles. The van der Waals surface area contributed by atoms with Gasteiger partial charge in [-0.15, -0.1) is 0 Å². The number of hydrogen-bond donors (Lipinski definition) is 1. The molecule has 5 nitrogen and oxygen atoms in total. The molecule has 1 aromatic carbocycles. The molecule has 0 aliphatic rings. The van der Waals surface area contributed by atoms with Crippen molar-refractivity contribution in [1.29, 1.82) is 0 Å². The van der Waals surface area contributed by atoms with Crippen molar-refractivity contribution in [2.75, 3.05) is 21.3 Å². The molecule has 21 heavy (non-hydrogen) atoms. The maximum atomic E-state index is 14.2. The number of aliphatic carboxylic acids is 1. The van der Waals surface area contributed by atoms with E-state index < -0.39 is 18.3 Å². The molecule has 0 heterocycles. The van der Waals surface area contributed by atoms with E-state index in [0.29, 0.717) is 0 Å². The molecule has 1 rings (SSSR count). The average molecular weight is 304 g/mol. The van der Waals surface area contributed by atoms with Crippen molar-refractivity contribution in [2.45, 2.75) is 25.2 Å². The molecule has 0 bridgehead atoms. The van der Waals surface area contributed by atoms with Crippen LogP contribution in [0.15, 0.2) is 12.1 Å². The summed E-state index contributed by atoms with van der Waals surface area (Å²) in [6.45, 7) is 0. The second-order valence-electron chi connectivity index (χ2n) is 4.33. The van der Waals surface area contributed by atoms with Gasteiger partial charge in [-0.3, -0.25) is 4.79 Å². The highest BCUT2D eigenvalue weighted by molar-refractivity contribution is 5.66. The van der Waals surface area contributed by atoms with Crippen molar-refractivity contribution in [2.24, 2.45) is 0 Å². The standard InChI is InChI=1S/C14H18F2O5/c1-19-10-7-6-9(12(20-2)13(10)21-3)14(15,16)8-4-5-11(17)18/h6-7H,4-5,8H2,1-3H3,(H,17,18). The molecule has 0 spiro atoms. The number of methoxy groups -OCH3 is 3. The molecule has 1 N–H and O–H groups in total. The Morgan fingerprint density at radius 2 is 1.76 bits per heavy atom. The van der Waals surface area contributed by atoms with Crippen molar-refractivity contribution in [1.82, 2.24) is 0 Å². The summed E-state index contributed by atoms with van der Waals surface area (Å²) in [7, 11) is 3.98. The summed E-state index contributed by atoms with van der Waals surface area (Å²) >= 11 is 0. The SMILES string of the molecule is COc1ccc(C(F)(F)CCCC(=O)O)c(OC)c1OC. The number of carbonyl (C=O) groups is 1. The van der Waals surface area contributed by atoms with Gasteiger partial charge < -0.3 is 19.3 Å². The number of hydrogen-bond acceptors (Lipinski definition) is 4. The summed E-state index contributed by atoms with van der Waals surface area (Å²) < 4.78 is 43.6. The predicted molar refractivity (Wildman–Crippen MR) is 71.5 cm³/mol. The molecule has 0 aliphatic carbocycles. The van der Waals surface area contributed by atoms with Crippen LogP contribution >= 0.6 is 0 Å². The van der Waals surface area contributed by atoms with E-state index in [4.69, 9.17) is 19.3 Å². The third kappa shape index (κ3) is 3.96. The molecular weight excluding hydrogens is 286 g/mol. The zero-order chi connectivity index (χ0) is 16.0. The molecule has 0 amide bonds. The average Bonchev–Trinajstić information content (AvgIpc) is 2.44. The molecule has 7 heteroatoms. The highest BCUT2D eigenvalue weighted by Gasteiger charge is 2.36. The molecule has 0 unspecified atom stereocenters. The predicted octanol–water partition coefficient (Wildman–Crippen LogP) is 3.06. The van der Waals surface area contributed by atoms with Crippen LogP contribution < -0.4 is 14.2 Å². The third-order valence-electron chi connectivity index (χ3n) is 2.98. The Hall–Kier alpha value is -2.05. The molecule has 0 saturated heterocycles. The second-order valence-corrected chi connectivity index (χ2v) is 4.33. The Bertz CT molecular complexity index is 502. The maximum Gasteiger partial charge on any atom is 0.303 e. The van der Waals surface area contributed by atoms with Crippen LogP contribution in [0.3, 0.4) is 0 Å². The number of alkyl halides is 2. The van der Waals surface area contributed by atoms with E-state index in [1.807, 2.05) is 0 Å². The van der Waals surface area contributed by atoms with Gasteiger partial charge >= 0.3 is 5.97 Å². The smallest absolute Gasteiger partial charge is 0.303 e. The molecule has 1 aromatic rings. The zero-order valence-electron chi connectivity index (χ0n) is 12.1. The first-order valence-electron chi connectivity index (χ1n) is 6.26. The van der Waals surface area contributed by atoms with Crippen LogP contribution in [0.4, 0.5) is 8.78 Å². The number of benzene rings is 1. The van der Waals surface area contributed by atoms with Crippen molar-refractivity contribution < 1.29 is 32.9 Å². The minimum absolute atomic E-state index is 0.0791. The van der Waals surface area contributed by atoms with Crippen LogP contribution in [0, 0.1) is 0 Å². The van der Waals surface area contributed by atoms with Crippen molar-refractivity contribution in [3.63, 3.8) is 0 Å². The van der Waals surface area contributed by atoms with Gasteiger partial charge in [0.1, 0.15) is 0 Å². The lowest BCUT2D eigenvalue weighted by atomic mass is 10.0. The lowest BCUT2D eigenvalue weighted by molar-refractivity contribution is -0.137. The number of carboxylic acid groups (broad SMARTS) is 1. The van der Waals surface area contributed by atoms with Gasteiger partial charge in [-0.25, -0.2) is 8.78 Å². The molecule has 0 atom stereocenters. The van der Waals surface area contributed by atoms with Crippen LogP contribution in [0.2, 0.25) is 0 Å². The summed E-state index contributed by atoms with van der Waals surface area (Å²) in [5.41, 5.74) is -0.354. The van der Waals surface area contributed by atoms with Gasteiger partial charge in [0.05, 0.1) is 26.9 Å². The normalized spacial score (nSPS) is 11.1. The fraction of sp³-hybridized carbons (Fsp3) is 0.500. The van der Waals surface area contributed by atoms with Gasteiger partial charge in [0.15, 0.2) is 11.5 Å². The van der Waals surface area contributed by atoms with Crippen molar-refractivity contribution >= 4 is 5.97 Å². The van der Waals surface area contributed by atoms with Crippen LogP contribution in [0.5, 0.6) is 17.2 Å². The van der Waals surface area contributed by atoms with Gasteiger partial charge in [0.2, 0.25) is 5.75 Å². The molecule has 118 valence electrons. The summed E-state index contributed by atoms with van der Waals surface area (Å²) in [5, 5.41) is 8.53. The molecule has 0 saturated carbocycles. The topological polar surface area (TPSA) is 65.0 Å². The van der Waals surface area contributed by atoms with Gasteiger partial charge in [-0.1, -0.05) is 0 Å². The molecule has 0 aliphatic heterocycles. The van der Waals surface area contributed by atoms with Crippen molar-refractivity contribution in [3.8, 4) is 17.2 Å². The van der Waals surface area contributed by atoms with E-state index in [2.05, 4.69) is 0 Å². The van der Waals surface area contributed by atoms with Crippen molar-refractivity contribution in [3.05, 3.63) is 17.7 Å². The summed E-state index contributed by atoms with van der Waals surface area (Å²) in [4.78, 5) is 10.4. The quantitative estimate of drug-likeness (QED) is 0.799. The minimum Gasteiger partial charge on any atom is -0.493 e. The van der Waals surface area contributed by atoms with Gasteiger partial charge in [-0.05, 0) is 18.6 Å². The Labute approximate surface area is 121 Å². The Balaban J connectivity index is 3.13. The molecule has 0 radical (unpaired) electrons. The molecule has 0 fully saturated rings. The largest absolute Gasteiger partial charge is 0.493 e. The number of ether oxygens (including phenoxy) is 3. The minimum atomic E-state index is -3.22. The van der Waals surface area contributed by atoms with E-state index in [0.717, 1.165) is 0 Å². The van der Waals surface area contributed by atoms with Crippen LogP contribution in [-0.4, -0.2) is 32.4 Å². The Morgan fingerprint density at radius 3 is 2.24 bits per heavy atom. The Kier molecular flexibility index (Phi) is 5.75. The summed E-state index contributed by atoms with van der Waals surface area (Å²) in [6, 6.07) is 2.56. The van der Waals surface area contributed by atoms with E-state index in [1.165, 1.54) is 33.5 Å². The third-order valence-corrected chi connectivity index (χ3v) is 2.98. The van der Waals surface area contributed by atoms with E-state index in [-0.39, 0.29) is 35.7 Å².